The van der Waals surface area contributed by atoms with Crippen LogP contribution in [0.3, 0.4) is 0 Å². The monoisotopic (exact) mass is 264 g/mol. The molecule has 0 spiro atoms. The Morgan fingerprint density at radius 3 is 2.93 bits per heavy atom. The molecular weight excluding hydrogens is 256 g/mol. The van der Waals surface area contributed by atoms with Crippen LogP contribution in [0.15, 0.2) is 45.9 Å². The normalized spacial score (nSPS) is 10.2. The number of nitrogens with one attached hydrogen (secondary N) is 1. The highest BCUT2D eigenvalue weighted by Crippen LogP contribution is 2.13. The molecule has 1 aromatic heterocycles. The van der Waals surface area contributed by atoms with E-state index >= 15 is 0 Å². The van der Waals surface area contributed by atoms with Gasteiger partial charge < -0.3 is 4.98 Å². The molecule has 0 aliphatic heterocycles. The van der Waals surface area contributed by atoms with Crippen LogP contribution in [-0.4, -0.2) is 9.97 Å². The average molecular weight is 265 g/mol. The third-order valence-corrected chi connectivity index (χ3v) is 2.50. The lowest BCUT2D eigenvalue weighted by Crippen LogP contribution is -2.06. The average Bonchev–Trinajstić information content (AvgIpc) is 2.17. The number of rotatable bonds is 2. The number of nitrogens with zero attached hydrogens (tertiary/aromatic N) is 1. The summed E-state index contributed by atoms with van der Waals surface area (Å²) in [6, 6.07) is 9.47. The van der Waals surface area contributed by atoms with Gasteiger partial charge in [0.1, 0.15) is 0 Å². The van der Waals surface area contributed by atoms with Gasteiger partial charge in [-0.1, -0.05) is 28.1 Å². The third-order valence-electron chi connectivity index (χ3n) is 2.01. The van der Waals surface area contributed by atoms with Gasteiger partial charge in [-0.05, 0) is 17.7 Å². The summed E-state index contributed by atoms with van der Waals surface area (Å²) < 4.78 is 1.03. The highest BCUT2D eigenvalue weighted by molar-refractivity contribution is 9.10. The van der Waals surface area contributed by atoms with Crippen LogP contribution < -0.4 is 5.56 Å². The van der Waals surface area contributed by atoms with Crippen molar-refractivity contribution in [3.05, 3.63) is 62.7 Å². The van der Waals surface area contributed by atoms with Crippen molar-refractivity contribution in [2.45, 2.75) is 6.42 Å². The van der Waals surface area contributed by atoms with Gasteiger partial charge in [-0.15, -0.1) is 0 Å². The molecule has 15 heavy (non-hydrogen) atoms. The van der Waals surface area contributed by atoms with Crippen molar-refractivity contribution >= 4 is 15.9 Å². The zero-order valence-corrected chi connectivity index (χ0v) is 9.49. The number of hydrogen-bond donors (Lipinski definition) is 1. The Balaban J connectivity index is 2.26. The van der Waals surface area contributed by atoms with Crippen LogP contribution in [-0.2, 0) is 6.42 Å². The molecule has 1 aromatic carbocycles. The predicted octanol–water partition coefficient (Wildman–Crippen LogP) is 2.12. The minimum absolute atomic E-state index is 0.116. The first kappa shape index (κ1) is 10.1. The summed E-state index contributed by atoms with van der Waals surface area (Å²) in [6.07, 6.45) is 2.10. The van der Waals surface area contributed by atoms with E-state index in [9.17, 15) is 4.79 Å². The molecule has 0 saturated heterocycles. The van der Waals surface area contributed by atoms with E-state index in [4.69, 9.17) is 0 Å². The van der Waals surface area contributed by atoms with Crippen LogP contribution in [0.25, 0.3) is 0 Å². The maximum Gasteiger partial charge on any atom is 0.250 e. The molecule has 2 rings (SSSR count). The second-order valence-electron chi connectivity index (χ2n) is 3.21. The zero-order valence-electron chi connectivity index (χ0n) is 7.90. The molecule has 3 nitrogen and oxygen atoms in total. The van der Waals surface area contributed by atoms with E-state index in [0.29, 0.717) is 6.42 Å². The number of H-pyrrole nitrogens is 1. The van der Waals surface area contributed by atoms with Crippen LogP contribution in [0, 0.1) is 0 Å². The number of aromatic amines is 1. The summed E-state index contributed by atoms with van der Waals surface area (Å²) >= 11 is 3.40. The minimum Gasteiger partial charge on any atom is -0.313 e. The molecule has 76 valence electrons. The summed E-state index contributed by atoms with van der Waals surface area (Å²) in [6.45, 7) is 0. The molecular formula is C11H9BrN2O. The Morgan fingerprint density at radius 2 is 2.20 bits per heavy atom. The van der Waals surface area contributed by atoms with Crippen molar-refractivity contribution in [3.8, 4) is 0 Å². The first-order valence-electron chi connectivity index (χ1n) is 4.52. The van der Waals surface area contributed by atoms with E-state index in [1.165, 1.54) is 12.4 Å². The van der Waals surface area contributed by atoms with Crippen LogP contribution in [0.5, 0.6) is 0 Å². The highest BCUT2D eigenvalue weighted by atomic mass is 79.9. The summed E-state index contributed by atoms with van der Waals surface area (Å²) in [5.41, 5.74) is 1.79. The fourth-order valence-electron chi connectivity index (χ4n) is 1.36. The van der Waals surface area contributed by atoms with E-state index in [1.54, 1.807) is 0 Å². The Kier molecular flexibility index (Phi) is 2.97. The summed E-state index contributed by atoms with van der Waals surface area (Å²) in [5.74, 6) is 0. The standard InChI is InChI=1S/C11H9BrN2O/c12-9-3-1-2-8(4-9)5-10-6-11(15)14-7-13-10/h1-4,6-7H,5H2,(H,13,14,15). The number of benzene rings is 1. The van der Waals surface area contributed by atoms with E-state index in [2.05, 4.69) is 25.9 Å². The van der Waals surface area contributed by atoms with Gasteiger partial charge in [0.25, 0.3) is 5.56 Å². The van der Waals surface area contributed by atoms with Gasteiger partial charge in [-0.2, -0.15) is 0 Å². The molecule has 4 heteroatoms. The Hall–Kier alpha value is -1.42. The van der Waals surface area contributed by atoms with Crippen molar-refractivity contribution in [1.29, 1.82) is 0 Å². The number of aromatic nitrogens is 2. The molecule has 0 aliphatic rings. The second kappa shape index (κ2) is 4.40. The lowest BCUT2D eigenvalue weighted by atomic mass is 10.1. The third kappa shape index (κ3) is 2.76. The van der Waals surface area contributed by atoms with Crippen LogP contribution >= 0.6 is 15.9 Å². The Morgan fingerprint density at radius 1 is 1.33 bits per heavy atom. The molecule has 0 unspecified atom stereocenters. The zero-order chi connectivity index (χ0) is 10.7. The van der Waals surface area contributed by atoms with E-state index in [1.807, 2.05) is 24.3 Å². The first-order valence-corrected chi connectivity index (χ1v) is 5.31. The van der Waals surface area contributed by atoms with Crippen molar-refractivity contribution in [2.75, 3.05) is 0 Å². The lowest BCUT2D eigenvalue weighted by molar-refractivity contribution is 1.00. The molecule has 0 bridgehead atoms. The second-order valence-corrected chi connectivity index (χ2v) is 4.12. The van der Waals surface area contributed by atoms with Gasteiger partial charge in [0, 0.05) is 17.0 Å². The summed E-state index contributed by atoms with van der Waals surface area (Å²) in [7, 11) is 0. The molecule has 1 N–H and O–H groups in total. The smallest absolute Gasteiger partial charge is 0.250 e. The van der Waals surface area contributed by atoms with Crippen LogP contribution in [0.1, 0.15) is 11.3 Å². The maximum absolute atomic E-state index is 11.0. The summed E-state index contributed by atoms with van der Waals surface area (Å²) in [5, 5.41) is 0. The summed E-state index contributed by atoms with van der Waals surface area (Å²) in [4.78, 5) is 17.6. The van der Waals surface area contributed by atoms with Crippen LogP contribution in [0.2, 0.25) is 0 Å². The number of hydrogen-bond acceptors (Lipinski definition) is 2. The van der Waals surface area contributed by atoms with Crippen LogP contribution in [0.4, 0.5) is 0 Å². The highest BCUT2D eigenvalue weighted by Gasteiger charge is 1.98. The van der Waals surface area contributed by atoms with Gasteiger partial charge in [0.05, 0.1) is 12.0 Å². The van der Waals surface area contributed by atoms with Crippen molar-refractivity contribution in [1.82, 2.24) is 9.97 Å². The molecule has 2 aromatic rings. The minimum atomic E-state index is -0.116. The molecule has 0 saturated carbocycles. The molecule has 0 atom stereocenters. The van der Waals surface area contributed by atoms with E-state index in [-0.39, 0.29) is 5.56 Å². The molecule has 0 aliphatic carbocycles. The molecule has 1 heterocycles. The largest absolute Gasteiger partial charge is 0.313 e. The van der Waals surface area contributed by atoms with Gasteiger partial charge in [-0.25, -0.2) is 4.98 Å². The van der Waals surface area contributed by atoms with Crippen molar-refractivity contribution in [3.63, 3.8) is 0 Å². The Labute approximate surface area is 95.3 Å². The molecule has 0 fully saturated rings. The van der Waals surface area contributed by atoms with Gasteiger partial charge in [0.15, 0.2) is 0 Å². The Bertz CT molecular complexity index is 522. The van der Waals surface area contributed by atoms with Crippen molar-refractivity contribution < 1.29 is 0 Å². The number of halogens is 1. The first-order chi connectivity index (χ1) is 7.24. The molecule has 0 amide bonds. The topological polar surface area (TPSA) is 45.8 Å². The quantitative estimate of drug-likeness (QED) is 0.904. The van der Waals surface area contributed by atoms with E-state index < -0.39 is 0 Å². The fourth-order valence-corrected chi connectivity index (χ4v) is 1.81. The lowest BCUT2D eigenvalue weighted by Gasteiger charge is -2.00. The van der Waals surface area contributed by atoms with Gasteiger partial charge >= 0.3 is 0 Å². The maximum atomic E-state index is 11.0. The van der Waals surface area contributed by atoms with Crippen molar-refractivity contribution in [2.24, 2.45) is 0 Å². The molecule has 0 radical (unpaired) electrons. The predicted molar refractivity (Wildman–Crippen MR) is 61.8 cm³/mol. The fraction of sp³-hybridized carbons (Fsp3) is 0.0909. The van der Waals surface area contributed by atoms with Gasteiger partial charge in [-0.3, -0.25) is 4.79 Å². The van der Waals surface area contributed by atoms with E-state index in [0.717, 1.165) is 15.7 Å². The van der Waals surface area contributed by atoms with Gasteiger partial charge in [0.2, 0.25) is 0 Å². The SMILES string of the molecule is O=c1cc(Cc2cccc(Br)c2)nc[nH]1.